The van der Waals surface area contributed by atoms with Crippen LogP contribution in [0.3, 0.4) is 0 Å². The molecular formula is C13H20ClN3. The molecule has 1 aromatic rings. The third kappa shape index (κ3) is 3.84. The lowest BCUT2D eigenvalue weighted by atomic mass is 9.89. The Hall–Kier alpha value is -0.830. The fraction of sp³-hybridized carbons (Fsp3) is 0.692. The smallest absolute Gasteiger partial charge is 0.223 e. The van der Waals surface area contributed by atoms with Gasteiger partial charge in [0.05, 0.1) is 0 Å². The van der Waals surface area contributed by atoms with Crippen molar-refractivity contribution in [3.63, 3.8) is 0 Å². The number of aromatic nitrogens is 2. The highest BCUT2D eigenvalue weighted by Gasteiger charge is 2.20. The molecule has 1 aliphatic rings. The van der Waals surface area contributed by atoms with Gasteiger partial charge in [0.2, 0.25) is 5.95 Å². The third-order valence-corrected chi connectivity index (χ3v) is 3.65. The van der Waals surface area contributed by atoms with Crippen molar-refractivity contribution in [1.29, 1.82) is 0 Å². The van der Waals surface area contributed by atoms with E-state index in [1.54, 1.807) is 0 Å². The van der Waals surface area contributed by atoms with Crippen LogP contribution in [-0.2, 0) is 0 Å². The highest BCUT2D eigenvalue weighted by atomic mass is 35.5. The average Bonchev–Trinajstić information content (AvgIpc) is 2.25. The number of anilines is 1. The van der Waals surface area contributed by atoms with Crippen LogP contribution < -0.4 is 5.32 Å². The first kappa shape index (κ1) is 12.6. The Morgan fingerprint density at radius 3 is 2.65 bits per heavy atom. The molecule has 1 heterocycles. The van der Waals surface area contributed by atoms with Crippen molar-refractivity contribution in [1.82, 2.24) is 9.97 Å². The second-order valence-corrected chi connectivity index (χ2v) is 5.60. The van der Waals surface area contributed by atoms with E-state index in [0.29, 0.717) is 11.3 Å². The zero-order valence-corrected chi connectivity index (χ0v) is 11.3. The largest absolute Gasteiger partial charge is 0.354 e. The van der Waals surface area contributed by atoms with Crippen LogP contribution in [0.25, 0.3) is 0 Å². The van der Waals surface area contributed by atoms with E-state index in [2.05, 4.69) is 15.3 Å². The quantitative estimate of drug-likeness (QED) is 0.840. The number of nitrogens with zero attached hydrogens (tertiary/aromatic N) is 2. The molecule has 94 valence electrons. The zero-order valence-electron chi connectivity index (χ0n) is 10.5. The van der Waals surface area contributed by atoms with Crippen molar-refractivity contribution < 1.29 is 0 Å². The Labute approximate surface area is 108 Å². The lowest BCUT2D eigenvalue weighted by molar-refractivity contribution is 0.378. The van der Waals surface area contributed by atoms with Crippen LogP contribution in [0.4, 0.5) is 5.95 Å². The summed E-state index contributed by atoms with van der Waals surface area (Å²) >= 11 is 6.18. The van der Waals surface area contributed by atoms with Gasteiger partial charge in [-0.3, -0.25) is 0 Å². The molecule has 0 amide bonds. The molecule has 3 nitrogen and oxygen atoms in total. The molecule has 1 aliphatic carbocycles. The van der Waals surface area contributed by atoms with Gasteiger partial charge in [0.1, 0.15) is 0 Å². The molecule has 1 fully saturated rings. The number of hydrogen-bond donors (Lipinski definition) is 1. The van der Waals surface area contributed by atoms with Gasteiger partial charge in [-0.2, -0.15) is 0 Å². The van der Waals surface area contributed by atoms with Crippen molar-refractivity contribution >= 4 is 17.5 Å². The third-order valence-electron chi connectivity index (χ3n) is 3.25. The van der Waals surface area contributed by atoms with E-state index in [0.717, 1.165) is 36.7 Å². The summed E-state index contributed by atoms with van der Waals surface area (Å²) in [6.07, 6.45) is 4.78. The van der Waals surface area contributed by atoms with Crippen molar-refractivity contribution in [2.45, 2.75) is 44.9 Å². The number of rotatable bonds is 3. The summed E-state index contributed by atoms with van der Waals surface area (Å²) in [5, 5.41) is 3.69. The Morgan fingerprint density at radius 1 is 1.29 bits per heavy atom. The predicted molar refractivity (Wildman–Crippen MR) is 71.6 cm³/mol. The fourth-order valence-corrected chi connectivity index (χ4v) is 2.86. The van der Waals surface area contributed by atoms with Gasteiger partial charge in [0.15, 0.2) is 0 Å². The van der Waals surface area contributed by atoms with Crippen LogP contribution in [0, 0.1) is 19.8 Å². The van der Waals surface area contributed by atoms with Crippen LogP contribution >= 0.6 is 11.6 Å². The molecule has 2 atom stereocenters. The molecule has 0 aliphatic heterocycles. The first-order valence-electron chi connectivity index (χ1n) is 6.33. The lowest BCUT2D eigenvalue weighted by Gasteiger charge is -2.25. The second kappa shape index (κ2) is 5.67. The van der Waals surface area contributed by atoms with Gasteiger partial charge in [0, 0.05) is 23.3 Å². The van der Waals surface area contributed by atoms with Gasteiger partial charge in [0.25, 0.3) is 0 Å². The van der Waals surface area contributed by atoms with Gasteiger partial charge in [-0.15, -0.1) is 11.6 Å². The lowest BCUT2D eigenvalue weighted by Crippen LogP contribution is -2.23. The average molecular weight is 254 g/mol. The minimum absolute atomic E-state index is 0.357. The monoisotopic (exact) mass is 253 g/mol. The predicted octanol–water partition coefficient (Wildman–Crippen LogP) is 3.30. The topological polar surface area (TPSA) is 37.8 Å². The standard InChI is InChI=1S/C13H20ClN3/c1-9-6-10(2)17-13(16-9)15-8-11-4-3-5-12(14)7-11/h6,11-12H,3-5,7-8H2,1-2H3,(H,15,16,17). The molecule has 0 aromatic carbocycles. The van der Waals surface area contributed by atoms with Gasteiger partial charge in [-0.1, -0.05) is 6.42 Å². The second-order valence-electron chi connectivity index (χ2n) is 4.99. The van der Waals surface area contributed by atoms with Crippen LogP contribution in [0.2, 0.25) is 0 Å². The SMILES string of the molecule is Cc1cc(C)nc(NCC2CCCC(Cl)C2)n1. The highest BCUT2D eigenvalue weighted by molar-refractivity contribution is 6.20. The van der Waals surface area contributed by atoms with Crippen molar-refractivity contribution in [2.75, 3.05) is 11.9 Å². The van der Waals surface area contributed by atoms with E-state index in [9.17, 15) is 0 Å². The molecule has 2 unspecified atom stereocenters. The van der Waals surface area contributed by atoms with Crippen LogP contribution in [0.15, 0.2) is 6.07 Å². The Kier molecular flexibility index (Phi) is 4.21. The van der Waals surface area contributed by atoms with Gasteiger partial charge < -0.3 is 5.32 Å². The van der Waals surface area contributed by atoms with E-state index in [-0.39, 0.29) is 0 Å². The van der Waals surface area contributed by atoms with Crippen LogP contribution in [0.5, 0.6) is 0 Å². The van der Waals surface area contributed by atoms with Crippen LogP contribution in [0.1, 0.15) is 37.1 Å². The van der Waals surface area contributed by atoms with E-state index in [1.165, 1.54) is 12.8 Å². The number of alkyl halides is 1. The Balaban J connectivity index is 1.88. The summed E-state index contributed by atoms with van der Waals surface area (Å²) in [5.41, 5.74) is 2.03. The maximum absolute atomic E-state index is 6.18. The van der Waals surface area contributed by atoms with Gasteiger partial charge in [-0.05, 0) is 45.1 Å². The minimum atomic E-state index is 0.357. The molecule has 0 bridgehead atoms. The summed E-state index contributed by atoms with van der Waals surface area (Å²) in [4.78, 5) is 8.76. The molecule has 1 N–H and O–H groups in total. The normalized spacial score (nSPS) is 24.6. The van der Waals surface area contributed by atoms with Crippen molar-refractivity contribution in [2.24, 2.45) is 5.92 Å². The summed E-state index contributed by atoms with van der Waals surface area (Å²) in [6.45, 7) is 4.93. The summed E-state index contributed by atoms with van der Waals surface area (Å²) in [5.74, 6) is 1.41. The van der Waals surface area contributed by atoms with E-state index >= 15 is 0 Å². The molecule has 0 saturated heterocycles. The zero-order chi connectivity index (χ0) is 12.3. The summed E-state index contributed by atoms with van der Waals surface area (Å²) < 4.78 is 0. The molecular weight excluding hydrogens is 234 g/mol. The van der Waals surface area contributed by atoms with E-state index < -0.39 is 0 Å². The summed E-state index contributed by atoms with van der Waals surface area (Å²) in [6, 6.07) is 1.99. The minimum Gasteiger partial charge on any atom is -0.354 e. The molecule has 0 spiro atoms. The Bertz CT molecular complexity index is 361. The fourth-order valence-electron chi connectivity index (χ4n) is 2.45. The Morgan fingerprint density at radius 2 is 2.00 bits per heavy atom. The van der Waals surface area contributed by atoms with Gasteiger partial charge in [-0.25, -0.2) is 9.97 Å². The summed E-state index contributed by atoms with van der Waals surface area (Å²) in [7, 11) is 0. The van der Waals surface area contributed by atoms with Crippen molar-refractivity contribution in [3.05, 3.63) is 17.5 Å². The van der Waals surface area contributed by atoms with Crippen molar-refractivity contribution in [3.8, 4) is 0 Å². The molecule has 0 radical (unpaired) electrons. The van der Waals surface area contributed by atoms with Crippen LogP contribution in [-0.4, -0.2) is 21.9 Å². The highest BCUT2D eigenvalue weighted by Crippen LogP contribution is 2.27. The van der Waals surface area contributed by atoms with E-state index in [4.69, 9.17) is 11.6 Å². The number of halogens is 1. The van der Waals surface area contributed by atoms with Gasteiger partial charge >= 0.3 is 0 Å². The number of nitrogens with one attached hydrogen (secondary N) is 1. The maximum atomic E-state index is 6.18. The van der Waals surface area contributed by atoms with E-state index in [1.807, 2.05) is 19.9 Å². The molecule has 2 rings (SSSR count). The number of aryl methyl sites for hydroxylation is 2. The molecule has 17 heavy (non-hydrogen) atoms. The molecule has 1 aromatic heterocycles. The molecule has 4 heteroatoms. The first-order chi connectivity index (χ1) is 8.13. The number of hydrogen-bond acceptors (Lipinski definition) is 3. The molecule has 1 saturated carbocycles. The first-order valence-corrected chi connectivity index (χ1v) is 6.77. The maximum Gasteiger partial charge on any atom is 0.223 e.